The maximum absolute atomic E-state index is 5.82. The van der Waals surface area contributed by atoms with Gasteiger partial charge in [-0.25, -0.2) is 4.98 Å². The number of aryl methyl sites for hydroxylation is 2. The first-order chi connectivity index (χ1) is 8.37. The molecule has 1 aromatic carbocycles. The quantitative estimate of drug-likeness (QED) is 0.773. The standard InChI is InChI=1S/C16H21NO/c1-11-8-6-7-9-13(11)15-17-14(12(2)18-15)10-16(3,4)5/h6-9H,10H2,1-5H3. The van der Waals surface area contributed by atoms with E-state index in [2.05, 4.69) is 44.8 Å². The molecule has 1 aromatic heterocycles. The van der Waals surface area contributed by atoms with Crippen LogP contribution in [0.5, 0.6) is 0 Å². The van der Waals surface area contributed by atoms with Gasteiger partial charge in [-0.1, -0.05) is 39.0 Å². The van der Waals surface area contributed by atoms with Gasteiger partial charge in [0, 0.05) is 5.56 Å². The third-order valence-electron chi connectivity index (χ3n) is 2.97. The summed E-state index contributed by atoms with van der Waals surface area (Å²) in [7, 11) is 0. The van der Waals surface area contributed by atoms with E-state index in [4.69, 9.17) is 4.42 Å². The van der Waals surface area contributed by atoms with Gasteiger partial charge in [0.1, 0.15) is 5.76 Å². The highest BCUT2D eigenvalue weighted by atomic mass is 16.4. The predicted molar refractivity (Wildman–Crippen MR) is 74.6 cm³/mol. The zero-order chi connectivity index (χ0) is 13.3. The monoisotopic (exact) mass is 243 g/mol. The molecule has 0 fully saturated rings. The lowest BCUT2D eigenvalue weighted by Crippen LogP contribution is -2.10. The molecule has 2 nitrogen and oxygen atoms in total. The lowest BCUT2D eigenvalue weighted by atomic mass is 9.90. The van der Waals surface area contributed by atoms with Crippen molar-refractivity contribution in [3.8, 4) is 11.5 Å². The van der Waals surface area contributed by atoms with E-state index >= 15 is 0 Å². The van der Waals surface area contributed by atoms with Gasteiger partial charge in [-0.2, -0.15) is 0 Å². The Kier molecular flexibility index (Phi) is 3.29. The molecule has 0 atom stereocenters. The Morgan fingerprint density at radius 2 is 1.78 bits per heavy atom. The fraction of sp³-hybridized carbons (Fsp3) is 0.438. The number of rotatable bonds is 2. The van der Waals surface area contributed by atoms with Gasteiger partial charge in [-0.05, 0) is 37.3 Å². The Labute approximate surface area is 109 Å². The van der Waals surface area contributed by atoms with Crippen molar-refractivity contribution in [1.29, 1.82) is 0 Å². The van der Waals surface area contributed by atoms with Crippen LogP contribution in [-0.2, 0) is 6.42 Å². The van der Waals surface area contributed by atoms with Crippen LogP contribution in [0.25, 0.3) is 11.5 Å². The predicted octanol–water partition coefficient (Wildman–Crippen LogP) is 4.55. The Balaban J connectivity index is 2.38. The molecule has 0 amide bonds. The topological polar surface area (TPSA) is 26.0 Å². The summed E-state index contributed by atoms with van der Waals surface area (Å²) in [4.78, 5) is 4.66. The molecule has 0 N–H and O–H groups in total. The van der Waals surface area contributed by atoms with E-state index in [9.17, 15) is 0 Å². The number of aromatic nitrogens is 1. The van der Waals surface area contributed by atoms with Crippen molar-refractivity contribution >= 4 is 0 Å². The van der Waals surface area contributed by atoms with Crippen molar-refractivity contribution in [3.05, 3.63) is 41.3 Å². The SMILES string of the molecule is Cc1ccccc1-c1nc(CC(C)(C)C)c(C)o1. The molecule has 0 spiro atoms. The van der Waals surface area contributed by atoms with E-state index in [1.165, 1.54) is 5.56 Å². The van der Waals surface area contributed by atoms with Crippen LogP contribution < -0.4 is 0 Å². The molecular formula is C16H21NO. The van der Waals surface area contributed by atoms with Gasteiger partial charge in [-0.3, -0.25) is 0 Å². The van der Waals surface area contributed by atoms with Gasteiger partial charge >= 0.3 is 0 Å². The number of oxazole rings is 1. The summed E-state index contributed by atoms with van der Waals surface area (Å²) in [5.41, 5.74) is 3.58. The summed E-state index contributed by atoms with van der Waals surface area (Å²) in [5, 5.41) is 0. The Bertz CT molecular complexity index is 546. The van der Waals surface area contributed by atoms with E-state index in [1.54, 1.807) is 0 Å². The first-order valence-electron chi connectivity index (χ1n) is 6.39. The second kappa shape index (κ2) is 4.60. The van der Waals surface area contributed by atoms with Crippen LogP contribution in [-0.4, -0.2) is 4.98 Å². The van der Waals surface area contributed by atoms with Gasteiger partial charge in [-0.15, -0.1) is 0 Å². The highest BCUT2D eigenvalue weighted by molar-refractivity contribution is 5.58. The molecule has 1 heterocycles. The second-order valence-corrected chi connectivity index (χ2v) is 6.07. The van der Waals surface area contributed by atoms with E-state index in [1.807, 2.05) is 19.1 Å². The third-order valence-corrected chi connectivity index (χ3v) is 2.97. The van der Waals surface area contributed by atoms with Gasteiger partial charge < -0.3 is 4.42 Å². The molecule has 0 aliphatic heterocycles. The maximum atomic E-state index is 5.82. The molecule has 18 heavy (non-hydrogen) atoms. The van der Waals surface area contributed by atoms with E-state index in [0.717, 1.165) is 29.3 Å². The van der Waals surface area contributed by atoms with Crippen molar-refractivity contribution < 1.29 is 4.42 Å². The summed E-state index contributed by atoms with van der Waals surface area (Å²) in [5.74, 6) is 1.67. The highest BCUT2D eigenvalue weighted by Gasteiger charge is 2.18. The molecule has 2 aromatic rings. The van der Waals surface area contributed by atoms with Crippen molar-refractivity contribution in [3.63, 3.8) is 0 Å². The van der Waals surface area contributed by atoms with Crippen LogP contribution >= 0.6 is 0 Å². The van der Waals surface area contributed by atoms with Crippen molar-refractivity contribution in [2.24, 2.45) is 5.41 Å². The average Bonchev–Trinajstić information content (AvgIpc) is 2.58. The average molecular weight is 243 g/mol. The molecule has 0 bridgehead atoms. The number of benzene rings is 1. The van der Waals surface area contributed by atoms with Crippen molar-refractivity contribution in [2.45, 2.75) is 41.0 Å². The van der Waals surface area contributed by atoms with Crippen LogP contribution in [0.2, 0.25) is 0 Å². The van der Waals surface area contributed by atoms with Crippen LogP contribution in [0.4, 0.5) is 0 Å². The summed E-state index contributed by atoms with van der Waals surface area (Å²) in [6, 6.07) is 8.19. The first-order valence-corrected chi connectivity index (χ1v) is 6.39. The lowest BCUT2D eigenvalue weighted by Gasteiger charge is -2.15. The maximum Gasteiger partial charge on any atom is 0.226 e. The summed E-state index contributed by atoms with van der Waals surface area (Å²) >= 11 is 0. The smallest absolute Gasteiger partial charge is 0.226 e. The van der Waals surface area contributed by atoms with Gasteiger partial charge in [0.05, 0.1) is 5.69 Å². The minimum absolute atomic E-state index is 0.227. The van der Waals surface area contributed by atoms with Gasteiger partial charge in [0.2, 0.25) is 5.89 Å². The minimum atomic E-state index is 0.227. The van der Waals surface area contributed by atoms with Crippen LogP contribution in [0.1, 0.15) is 37.8 Å². The van der Waals surface area contributed by atoms with E-state index < -0.39 is 0 Å². The zero-order valence-corrected chi connectivity index (χ0v) is 11.9. The summed E-state index contributed by atoms with van der Waals surface area (Å²) in [6.45, 7) is 10.7. The fourth-order valence-corrected chi connectivity index (χ4v) is 2.02. The normalized spacial score (nSPS) is 11.8. The largest absolute Gasteiger partial charge is 0.441 e. The molecule has 96 valence electrons. The summed E-state index contributed by atoms with van der Waals surface area (Å²) < 4.78 is 5.82. The highest BCUT2D eigenvalue weighted by Crippen LogP contribution is 2.28. The Morgan fingerprint density at radius 1 is 1.11 bits per heavy atom. The molecule has 2 rings (SSSR count). The van der Waals surface area contributed by atoms with Crippen LogP contribution in [0.15, 0.2) is 28.7 Å². The second-order valence-electron chi connectivity index (χ2n) is 6.07. The molecule has 2 heteroatoms. The molecule has 0 aliphatic rings. The van der Waals surface area contributed by atoms with Crippen LogP contribution in [0, 0.1) is 19.3 Å². The number of hydrogen-bond acceptors (Lipinski definition) is 2. The van der Waals surface area contributed by atoms with Crippen molar-refractivity contribution in [1.82, 2.24) is 4.98 Å². The van der Waals surface area contributed by atoms with Crippen LogP contribution in [0.3, 0.4) is 0 Å². The van der Waals surface area contributed by atoms with E-state index in [0.29, 0.717) is 0 Å². The fourth-order valence-electron chi connectivity index (χ4n) is 2.02. The molecular weight excluding hydrogens is 222 g/mol. The molecule has 0 saturated heterocycles. The zero-order valence-electron chi connectivity index (χ0n) is 11.9. The van der Waals surface area contributed by atoms with E-state index in [-0.39, 0.29) is 5.41 Å². The molecule has 0 radical (unpaired) electrons. The summed E-state index contributed by atoms with van der Waals surface area (Å²) in [6.07, 6.45) is 0.939. The van der Waals surface area contributed by atoms with Gasteiger partial charge in [0.25, 0.3) is 0 Å². The van der Waals surface area contributed by atoms with Crippen molar-refractivity contribution in [2.75, 3.05) is 0 Å². The van der Waals surface area contributed by atoms with Gasteiger partial charge in [0.15, 0.2) is 0 Å². The third kappa shape index (κ3) is 2.81. The molecule has 0 unspecified atom stereocenters. The Hall–Kier alpha value is -1.57. The number of nitrogens with zero attached hydrogens (tertiary/aromatic N) is 1. The lowest BCUT2D eigenvalue weighted by molar-refractivity contribution is 0.403. The molecule has 0 saturated carbocycles. The molecule has 0 aliphatic carbocycles. The Morgan fingerprint density at radius 3 is 2.39 bits per heavy atom. The number of hydrogen-bond donors (Lipinski definition) is 0. The minimum Gasteiger partial charge on any atom is -0.441 e. The first kappa shape index (κ1) is 12.9.